The first-order chi connectivity index (χ1) is 12.1. The van der Waals surface area contributed by atoms with Crippen molar-refractivity contribution in [2.75, 3.05) is 5.32 Å². The molecule has 0 saturated carbocycles. The minimum Gasteiger partial charge on any atom is -0.439 e. The van der Waals surface area contributed by atoms with Crippen LogP contribution in [0.15, 0.2) is 64.1 Å². The summed E-state index contributed by atoms with van der Waals surface area (Å²) < 4.78 is 5.74. The van der Waals surface area contributed by atoms with Crippen molar-refractivity contribution in [3.05, 3.63) is 71.7 Å². The lowest BCUT2D eigenvalue weighted by atomic mass is 10.1. The highest BCUT2D eigenvalue weighted by Gasteiger charge is 2.06. The molecule has 0 fully saturated rings. The van der Waals surface area contributed by atoms with Crippen LogP contribution in [0.4, 0.5) is 5.69 Å². The minimum atomic E-state index is 0.289. The van der Waals surface area contributed by atoms with E-state index in [1.165, 1.54) is 11.1 Å². The van der Waals surface area contributed by atoms with Gasteiger partial charge in [0, 0.05) is 11.3 Å². The summed E-state index contributed by atoms with van der Waals surface area (Å²) in [5.41, 5.74) is 10.3. The number of aryl methyl sites for hydroxylation is 2. The average molecular weight is 334 g/mol. The number of nitrogens with zero attached hydrogens (tertiary/aromatic N) is 2. The first-order valence-corrected chi connectivity index (χ1v) is 8.31. The molecule has 0 aliphatic rings. The third-order valence-corrected chi connectivity index (χ3v) is 3.91. The fourth-order valence-corrected chi connectivity index (χ4v) is 2.40. The largest absolute Gasteiger partial charge is 0.439 e. The van der Waals surface area contributed by atoms with E-state index in [2.05, 4.69) is 41.3 Å². The number of nitrogens with two attached hydrogens (primary N) is 1. The number of rotatable bonds is 5. The smallest absolute Gasteiger partial charge is 0.216 e. The van der Waals surface area contributed by atoms with Gasteiger partial charge in [0.15, 0.2) is 11.7 Å². The number of oxazole rings is 1. The Hall–Kier alpha value is -3.08. The molecule has 2 aromatic carbocycles. The van der Waals surface area contributed by atoms with Gasteiger partial charge in [-0.1, -0.05) is 48.9 Å². The summed E-state index contributed by atoms with van der Waals surface area (Å²) in [6.45, 7) is 4.47. The SMILES string of the molecule is CCc1ccc(NC(N)=NCc2ncc(-c3ccc(C)cc3)o2)cc1. The lowest BCUT2D eigenvalue weighted by molar-refractivity contribution is 0.510. The zero-order valence-corrected chi connectivity index (χ0v) is 14.5. The second-order valence-corrected chi connectivity index (χ2v) is 5.86. The van der Waals surface area contributed by atoms with E-state index in [0.717, 1.165) is 23.4 Å². The van der Waals surface area contributed by atoms with Crippen molar-refractivity contribution in [1.82, 2.24) is 4.98 Å². The van der Waals surface area contributed by atoms with E-state index in [-0.39, 0.29) is 6.54 Å². The lowest BCUT2D eigenvalue weighted by Crippen LogP contribution is -2.22. The summed E-state index contributed by atoms with van der Waals surface area (Å²) in [5.74, 6) is 1.59. The molecule has 0 unspecified atom stereocenters. The van der Waals surface area contributed by atoms with Gasteiger partial charge in [0.1, 0.15) is 6.54 Å². The van der Waals surface area contributed by atoms with Crippen LogP contribution in [0.25, 0.3) is 11.3 Å². The van der Waals surface area contributed by atoms with Crippen molar-refractivity contribution < 1.29 is 4.42 Å². The van der Waals surface area contributed by atoms with E-state index in [9.17, 15) is 0 Å². The molecule has 3 N–H and O–H groups in total. The minimum absolute atomic E-state index is 0.289. The molecular formula is C20H22N4O. The molecule has 0 bridgehead atoms. The van der Waals surface area contributed by atoms with Crippen LogP contribution < -0.4 is 11.1 Å². The molecule has 0 spiro atoms. The van der Waals surface area contributed by atoms with Crippen LogP contribution in [0.2, 0.25) is 0 Å². The standard InChI is InChI=1S/C20H22N4O/c1-3-15-6-10-17(11-7-15)24-20(21)23-13-19-22-12-18(25-19)16-8-4-14(2)5-9-16/h4-12H,3,13H2,1-2H3,(H3,21,23,24). The van der Waals surface area contributed by atoms with E-state index >= 15 is 0 Å². The lowest BCUT2D eigenvalue weighted by Gasteiger charge is -2.05. The topological polar surface area (TPSA) is 76.4 Å². The number of benzene rings is 2. The van der Waals surface area contributed by atoms with E-state index in [0.29, 0.717) is 11.9 Å². The van der Waals surface area contributed by atoms with Crippen molar-refractivity contribution in [3.8, 4) is 11.3 Å². The fraction of sp³-hybridized carbons (Fsp3) is 0.200. The highest BCUT2D eigenvalue weighted by molar-refractivity contribution is 5.92. The van der Waals surface area contributed by atoms with E-state index < -0.39 is 0 Å². The number of aromatic nitrogens is 1. The Labute approximate surface area is 147 Å². The number of aliphatic imine (C=N–C) groups is 1. The van der Waals surface area contributed by atoms with Crippen LogP contribution in [-0.2, 0) is 13.0 Å². The number of hydrogen-bond donors (Lipinski definition) is 2. The van der Waals surface area contributed by atoms with Crippen molar-refractivity contribution in [3.63, 3.8) is 0 Å². The number of nitrogens with one attached hydrogen (secondary N) is 1. The van der Waals surface area contributed by atoms with Crippen molar-refractivity contribution in [2.24, 2.45) is 10.7 Å². The molecule has 0 aliphatic carbocycles. The predicted molar refractivity (Wildman–Crippen MR) is 101 cm³/mol. The van der Waals surface area contributed by atoms with Gasteiger partial charge in [-0.3, -0.25) is 0 Å². The number of guanidine groups is 1. The van der Waals surface area contributed by atoms with E-state index in [1.807, 2.05) is 36.4 Å². The van der Waals surface area contributed by atoms with Gasteiger partial charge < -0.3 is 15.5 Å². The maximum Gasteiger partial charge on any atom is 0.216 e. The Morgan fingerprint density at radius 2 is 1.84 bits per heavy atom. The van der Waals surface area contributed by atoms with Gasteiger partial charge in [0.2, 0.25) is 5.89 Å². The van der Waals surface area contributed by atoms with Gasteiger partial charge in [-0.15, -0.1) is 0 Å². The highest BCUT2D eigenvalue weighted by atomic mass is 16.4. The summed E-state index contributed by atoms with van der Waals surface area (Å²) in [7, 11) is 0. The second-order valence-electron chi connectivity index (χ2n) is 5.86. The number of anilines is 1. The third-order valence-electron chi connectivity index (χ3n) is 3.91. The molecule has 1 heterocycles. The van der Waals surface area contributed by atoms with Crippen LogP contribution in [0.3, 0.4) is 0 Å². The van der Waals surface area contributed by atoms with Crippen LogP contribution in [-0.4, -0.2) is 10.9 Å². The van der Waals surface area contributed by atoms with E-state index in [4.69, 9.17) is 10.2 Å². The summed E-state index contributed by atoms with van der Waals surface area (Å²) in [4.78, 5) is 8.54. The normalized spacial score (nSPS) is 11.5. The molecule has 128 valence electrons. The van der Waals surface area contributed by atoms with Crippen LogP contribution in [0, 0.1) is 6.92 Å². The maximum atomic E-state index is 5.93. The maximum absolute atomic E-state index is 5.93. The fourth-order valence-electron chi connectivity index (χ4n) is 2.40. The van der Waals surface area contributed by atoms with Gasteiger partial charge >= 0.3 is 0 Å². The Morgan fingerprint density at radius 3 is 2.52 bits per heavy atom. The average Bonchev–Trinajstić information content (AvgIpc) is 3.10. The molecule has 0 aliphatic heterocycles. The van der Waals surface area contributed by atoms with Gasteiger partial charge in [-0.2, -0.15) is 0 Å². The molecule has 0 atom stereocenters. The second kappa shape index (κ2) is 7.66. The molecule has 0 amide bonds. The highest BCUT2D eigenvalue weighted by Crippen LogP contribution is 2.21. The van der Waals surface area contributed by atoms with Gasteiger partial charge in [-0.05, 0) is 31.0 Å². The molecule has 5 nitrogen and oxygen atoms in total. The van der Waals surface area contributed by atoms with E-state index in [1.54, 1.807) is 6.20 Å². The first-order valence-electron chi connectivity index (χ1n) is 8.31. The van der Waals surface area contributed by atoms with Crippen LogP contribution in [0.5, 0.6) is 0 Å². The third kappa shape index (κ3) is 4.47. The molecular weight excluding hydrogens is 312 g/mol. The summed E-state index contributed by atoms with van der Waals surface area (Å²) in [6.07, 6.45) is 2.72. The van der Waals surface area contributed by atoms with Gasteiger partial charge in [0.05, 0.1) is 6.20 Å². The Kier molecular flexibility index (Phi) is 5.14. The summed E-state index contributed by atoms with van der Waals surface area (Å²) >= 11 is 0. The molecule has 25 heavy (non-hydrogen) atoms. The Bertz CT molecular complexity index is 848. The monoisotopic (exact) mass is 334 g/mol. The first kappa shape index (κ1) is 16.8. The quantitative estimate of drug-likeness (QED) is 0.543. The zero-order valence-electron chi connectivity index (χ0n) is 14.5. The summed E-state index contributed by atoms with van der Waals surface area (Å²) in [5, 5.41) is 3.07. The summed E-state index contributed by atoms with van der Waals surface area (Å²) in [6, 6.07) is 16.2. The van der Waals surface area contributed by atoms with Gasteiger partial charge in [0.25, 0.3) is 0 Å². The molecule has 5 heteroatoms. The van der Waals surface area contributed by atoms with Crippen molar-refractivity contribution in [2.45, 2.75) is 26.8 Å². The molecule has 3 rings (SSSR count). The molecule has 0 saturated heterocycles. The predicted octanol–water partition coefficient (Wildman–Crippen LogP) is 4.14. The van der Waals surface area contributed by atoms with Crippen LogP contribution in [0.1, 0.15) is 23.9 Å². The van der Waals surface area contributed by atoms with Gasteiger partial charge in [-0.25, -0.2) is 9.98 Å². The Balaban J connectivity index is 1.62. The van der Waals surface area contributed by atoms with Crippen molar-refractivity contribution >= 4 is 11.6 Å². The molecule has 1 aromatic heterocycles. The Morgan fingerprint density at radius 1 is 1.12 bits per heavy atom. The van der Waals surface area contributed by atoms with Crippen LogP contribution >= 0.6 is 0 Å². The molecule has 3 aromatic rings. The number of hydrogen-bond acceptors (Lipinski definition) is 3. The van der Waals surface area contributed by atoms with Crippen molar-refractivity contribution in [1.29, 1.82) is 0 Å². The molecule has 0 radical (unpaired) electrons. The zero-order chi connectivity index (χ0) is 17.6.